The summed E-state index contributed by atoms with van der Waals surface area (Å²) in [7, 11) is -4.37. The van der Waals surface area contributed by atoms with Crippen molar-refractivity contribution in [3.8, 4) is 0 Å². The predicted octanol–water partition coefficient (Wildman–Crippen LogP) is 9.28. The third-order valence-corrected chi connectivity index (χ3v) is 7.56. The van der Waals surface area contributed by atoms with E-state index in [1.165, 1.54) is 31.8 Å². The van der Waals surface area contributed by atoms with Gasteiger partial charge in [0.25, 0.3) is 10.1 Å². The number of carbonyl (C=O) groups is 1. The number of hydrogen-bond donors (Lipinski definition) is 3. The third kappa shape index (κ3) is 31.0. The summed E-state index contributed by atoms with van der Waals surface area (Å²) >= 11 is 0. The van der Waals surface area contributed by atoms with Gasteiger partial charge in [-0.05, 0) is 83.5 Å². The van der Waals surface area contributed by atoms with E-state index in [-0.39, 0.29) is 12.3 Å². The Bertz CT molecular complexity index is 1000. The number of allylic oxidation sites excluding steroid dienone is 13. The Morgan fingerprint density at radius 3 is 1.66 bits per heavy atom. The van der Waals surface area contributed by atoms with Crippen molar-refractivity contribution in [1.82, 2.24) is 5.32 Å². The summed E-state index contributed by atoms with van der Waals surface area (Å²) in [6.07, 6.45) is 44.2. The summed E-state index contributed by atoms with van der Waals surface area (Å²) in [5.74, 6) is -1.08. The van der Waals surface area contributed by atoms with Crippen LogP contribution in [0.3, 0.4) is 0 Å². The van der Waals surface area contributed by atoms with Crippen LogP contribution in [0.25, 0.3) is 0 Å². The molecule has 0 aromatic rings. The maximum atomic E-state index is 12.4. The fraction of sp³-hybridized carbons (Fsp3) is 0.595. The molecule has 0 aromatic heterocycles. The van der Waals surface area contributed by atoms with Gasteiger partial charge in [0.05, 0.1) is 17.9 Å². The summed E-state index contributed by atoms with van der Waals surface area (Å²) in [6, 6.07) is -1.10. The lowest BCUT2D eigenvalue weighted by molar-refractivity contribution is -0.122. The largest absolute Gasteiger partial charge is 0.387 e. The fourth-order valence-corrected chi connectivity index (χ4v) is 5.03. The lowest BCUT2D eigenvalue weighted by Crippen LogP contribution is -2.46. The van der Waals surface area contributed by atoms with Crippen LogP contribution in [0.15, 0.2) is 85.1 Å². The lowest BCUT2D eigenvalue weighted by Gasteiger charge is -2.21. The molecule has 2 unspecified atom stereocenters. The van der Waals surface area contributed by atoms with Gasteiger partial charge in [-0.3, -0.25) is 9.35 Å². The Morgan fingerprint density at radius 2 is 1.11 bits per heavy atom. The monoisotopic (exact) mass is 631 g/mol. The number of nitrogens with one attached hydrogen (secondary N) is 1. The third-order valence-electron chi connectivity index (χ3n) is 6.78. The molecule has 0 spiro atoms. The van der Waals surface area contributed by atoms with E-state index in [9.17, 15) is 22.9 Å². The van der Waals surface area contributed by atoms with E-state index in [4.69, 9.17) is 0 Å². The van der Waals surface area contributed by atoms with Crippen LogP contribution >= 0.6 is 0 Å². The van der Waals surface area contributed by atoms with Crippen molar-refractivity contribution in [2.24, 2.45) is 0 Å². The number of carbonyl (C=O) groups excluding carboxylic acids is 1. The average molecular weight is 632 g/mol. The van der Waals surface area contributed by atoms with E-state index in [2.05, 4.69) is 92.1 Å². The number of rotatable bonds is 28. The first-order valence-corrected chi connectivity index (χ1v) is 18.4. The SMILES string of the molecule is CC/C=C\C/C=C\C/C=C\C/C=C\CCCCC(=O)NC(CS(=O)(=O)O)C(O)/C=C/CC/C=C/CC/C=C/CCCCCC. The standard InChI is InChI=1S/C37H61NO5S/c1-3-5-7-9-11-13-15-17-19-21-23-25-27-29-31-33-37(40)38-35(34-44(41,42)43)36(39)32-30-28-26-24-22-20-18-16-14-12-10-8-6-4-2/h5,7,11,13-14,16-17,19,22-25,30,32,35-36,39H,3-4,6,8-10,12,15,18,20-21,26-29,31,33-34H2,1-2H3,(H,38,40)(H,41,42,43)/b7-5-,13-11-,16-14+,19-17-,24-22+,25-23-,32-30+. The molecular weight excluding hydrogens is 570 g/mol. The highest BCUT2D eigenvalue weighted by Gasteiger charge is 2.24. The van der Waals surface area contributed by atoms with Crippen molar-refractivity contribution in [3.05, 3.63) is 85.1 Å². The maximum Gasteiger partial charge on any atom is 0.267 e. The maximum absolute atomic E-state index is 12.4. The molecule has 44 heavy (non-hydrogen) atoms. The van der Waals surface area contributed by atoms with Gasteiger partial charge in [-0.25, -0.2) is 0 Å². The Hall–Kier alpha value is -2.48. The summed E-state index contributed by atoms with van der Waals surface area (Å²) in [5.41, 5.74) is 0. The Kier molecular flexibility index (Phi) is 28.8. The number of aliphatic hydroxyl groups is 1. The molecule has 0 aromatic carbocycles. The van der Waals surface area contributed by atoms with Gasteiger partial charge in [0.1, 0.15) is 0 Å². The van der Waals surface area contributed by atoms with Gasteiger partial charge in [0.15, 0.2) is 0 Å². The molecule has 2 atom stereocenters. The number of unbranched alkanes of at least 4 members (excludes halogenated alkanes) is 8. The topological polar surface area (TPSA) is 104 Å². The van der Waals surface area contributed by atoms with Crippen molar-refractivity contribution in [1.29, 1.82) is 0 Å². The molecule has 0 saturated heterocycles. The first kappa shape index (κ1) is 41.5. The Labute approximate surface area is 269 Å². The van der Waals surface area contributed by atoms with Crippen LogP contribution in [0.1, 0.15) is 123 Å². The van der Waals surface area contributed by atoms with E-state index in [0.29, 0.717) is 12.8 Å². The smallest absolute Gasteiger partial charge is 0.267 e. The summed E-state index contributed by atoms with van der Waals surface area (Å²) in [4.78, 5) is 12.4. The minimum Gasteiger partial charge on any atom is -0.387 e. The average Bonchev–Trinajstić information content (AvgIpc) is 2.98. The van der Waals surface area contributed by atoms with Crippen LogP contribution in [0.4, 0.5) is 0 Å². The van der Waals surface area contributed by atoms with Gasteiger partial charge in [0.2, 0.25) is 5.91 Å². The van der Waals surface area contributed by atoms with Crippen molar-refractivity contribution < 1.29 is 22.9 Å². The molecule has 6 nitrogen and oxygen atoms in total. The minimum atomic E-state index is -4.37. The zero-order valence-electron chi connectivity index (χ0n) is 27.5. The highest BCUT2D eigenvalue weighted by atomic mass is 32.2. The van der Waals surface area contributed by atoms with Crippen LogP contribution < -0.4 is 5.32 Å². The normalized spacial score (nSPS) is 14.5. The van der Waals surface area contributed by atoms with Crippen LogP contribution in [0.5, 0.6) is 0 Å². The fourth-order valence-electron chi connectivity index (χ4n) is 4.29. The number of aliphatic hydroxyl groups excluding tert-OH is 1. The van der Waals surface area contributed by atoms with Crippen molar-refractivity contribution in [3.63, 3.8) is 0 Å². The second kappa shape index (κ2) is 30.5. The molecule has 0 aliphatic carbocycles. The Balaban J connectivity index is 4.24. The van der Waals surface area contributed by atoms with Crippen LogP contribution in [0, 0.1) is 0 Å². The van der Waals surface area contributed by atoms with E-state index in [1.807, 2.05) is 0 Å². The highest BCUT2D eigenvalue weighted by molar-refractivity contribution is 7.85. The van der Waals surface area contributed by atoms with Gasteiger partial charge in [-0.1, -0.05) is 118 Å². The number of amides is 1. The molecule has 0 radical (unpaired) electrons. The van der Waals surface area contributed by atoms with E-state index < -0.39 is 28.0 Å². The Morgan fingerprint density at radius 1 is 0.636 bits per heavy atom. The molecular formula is C37H61NO5S. The molecule has 0 aliphatic rings. The molecule has 0 heterocycles. The highest BCUT2D eigenvalue weighted by Crippen LogP contribution is 2.07. The van der Waals surface area contributed by atoms with Crippen LogP contribution in [0.2, 0.25) is 0 Å². The molecule has 0 aliphatic heterocycles. The lowest BCUT2D eigenvalue weighted by atomic mass is 10.1. The van der Waals surface area contributed by atoms with E-state index in [1.54, 1.807) is 6.08 Å². The van der Waals surface area contributed by atoms with Gasteiger partial charge < -0.3 is 10.4 Å². The zero-order valence-corrected chi connectivity index (χ0v) is 28.3. The second-order valence-electron chi connectivity index (χ2n) is 11.0. The zero-order chi connectivity index (χ0) is 32.6. The van der Waals surface area contributed by atoms with E-state index >= 15 is 0 Å². The minimum absolute atomic E-state index is 0.227. The molecule has 0 bridgehead atoms. The van der Waals surface area contributed by atoms with Crippen molar-refractivity contribution in [2.75, 3.05) is 5.75 Å². The van der Waals surface area contributed by atoms with Crippen molar-refractivity contribution >= 4 is 16.0 Å². The van der Waals surface area contributed by atoms with Gasteiger partial charge in [-0.15, -0.1) is 0 Å². The summed E-state index contributed by atoms with van der Waals surface area (Å²) in [6.45, 7) is 4.35. The molecule has 1 amide bonds. The molecule has 0 fully saturated rings. The van der Waals surface area contributed by atoms with E-state index in [0.717, 1.165) is 64.2 Å². The van der Waals surface area contributed by atoms with Crippen LogP contribution in [-0.4, -0.2) is 41.9 Å². The first-order valence-electron chi connectivity index (χ1n) is 16.8. The summed E-state index contributed by atoms with van der Waals surface area (Å²) in [5, 5.41) is 13.1. The first-order chi connectivity index (χ1) is 21.3. The van der Waals surface area contributed by atoms with Gasteiger partial charge >= 0.3 is 0 Å². The molecule has 0 rings (SSSR count). The van der Waals surface area contributed by atoms with Crippen molar-refractivity contribution in [2.45, 2.75) is 135 Å². The molecule has 3 N–H and O–H groups in total. The molecule has 250 valence electrons. The van der Waals surface area contributed by atoms with Gasteiger partial charge in [0, 0.05) is 6.42 Å². The summed E-state index contributed by atoms with van der Waals surface area (Å²) < 4.78 is 32.3. The quantitative estimate of drug-likeness (QED) is 0.0454. The molecule has 0 saturated carbocycles. The predicted molar refractivity (Wildman–Crippen MR) is 188 cm³/mol. The number of hydrogen-bond acceptors (Lipinski definition) is 4. The molecule has 7 heteroatoms. The van der Waals surface area contributed by atoms with Crippen LogP contribution in [-0.2, 0) is 14.9 Å². The second-order valence-corrected chi connectivity index (χ2v) is 12.5. The van der Waals surface area contributed by atoms with Gasteiger partial charge in [-0.2, -0.15) is 8.42 Å².